The summed E-state index contributed by atoms with van der Waals surface area (Å²) >= 11 is 0. The Balaban J connectivity index is 2.08. The molecule has 0 spiro atoms. The molecule has 1 fully saturated rings. The Morgan fingerprint density at radius 1 is 1.08 bits per heavy atom. The molecule has 0 saturated carbocycles. The second kappa shape index (κ2) is 8.11. The zero-order valence-electron chi connectivity index (χ0n) is 15.5. The SMILES string of the molecule is COc1cc(C(=O)NC2CCN(P(C)(C)=O)CC2)cc(OC)c1OC. The number of amides is 1. The maximum Gasteiger partial charge on any atom is 0.251 e. The van der Waals surface area contributed by atoms with Crippen LogP contribution in [0.15, 0.2) is 12.1 Å². The van der Waals surface area contributed by atoms with Crippen molar-refractivity contribution >= 4 is 13.2 Å². The van der Waals surface area contributed by atoms with E-state index in [4.69, 9.17) is 14.2 Å². The van der Waals surface area contributed by atoms with Crippen molar-refractivity contribution in [2.24, 2.45) is 0 Å². The van der Waals surface area contributed by atoms with Crippen molar-refractivity contribution in [2.45, 2.75) is 18.9 Å². The van der Waals surface area contributed by atoms with Crippen molar-refractivity contribution in [1.82, 2.24) is 9.99 Å². The van der Waals surface area contributed by atoms with Gasteiger partial charge in [-0.05, 0) is 25.0 Å². The van der Waals surface area contributed by atoms with Gasteiger partial charge in [-0.2, -0.15) is 0 Å². The fourth-order valence-electron chi connectivity index (χ4n) is 2.97. The number of hydrogen-bond donors (Lipinski definition) is 1. The molecule has 1 aromatic carbocycles. The first-order valence-electron chi connectivity index (χ1n) is 8.21. The third kappa shape index (κ3) is 4.67. The summed E-state index contributed by atoms with van der Waals surface area (Å²) in [5.41, 5.74) is 0.452. The number of ether oxygens (including phenoxy) is 3. The van der Waals surface area contributed by atoms with E-state index in [0.717, 1.165) is 25.9 Å². The quantitative estimate of drug-likeness (QED) is 0.775. The highest BCUT2D eigenvalue weighted by molar-refractivity contribution is 7.59. The Morgan fingerprint density at radius 2 is 1.60 bits per heavy atom. The first-order valence-corrected chi connectivity index (χ1v) is 10.8. The Bertz CT molecular complexity index is 640. The standard InChI is InChI=1S/C17H27N2O5P/c1-22-14-10-12(11-15(23-2)16(14)24-3)17(20)18-13-6-8-19(9-7-13)25(4,5)21/h10-11,13H,6-9H2,1-5H3,(H,18,20). The summed E-state index contributed by atoms with van der Waals surface area (Å²) in [5.74, 6) is 1.16. The van der Waals surface area contributed by atoms with Crippen LogP contribution in [-0.2, 0) is 4.57 Å². The minimum Gasteiger partial charge on any atom is -0.493 e. The first kappa shape index (κ1) is 19.6. The lowest BCUT2D eigenvalue weighted by Crippen LogP contribution is -2.43. The first-order chi connectivity index (χ1) is 11.8. The van der Waals surface area contributed by atoms with Crippen molar-refractivity contribution in [3.05, 3.63) is 17.7 Å². The van der Waals surface area contributed by atoms with E-state index >= 15 is 0 Å². The molecule has 1 amide bonds. The number of carbonyl (C=O) groups excluding carboxylic acids is 1. The molecule has 0 unspecified atom stereocenters. The second-order valence-corrected chi connectivity index (χ2v) is 9.56. The highest BCUT2D eigenvalue weighted by atomic mass is 31.2. The average Bonchev–Trinajstić information content (AvgIpc) is 2.59. The highest BCUT2D eigenvalue weighted by Crippen LogP contribution is 2.43. The molecule has 2 rings (SSSR count). The van der Waals surface area contributed by atoms with Crippen molar-refractivity contribution < 1.29 is 23.6 Å². The molecular formula is C17H27N2O5P. The number of nitrogens with one attached hydrogen (secondary N) is 1. The average molecular weight is 370 g/mol. The fourth-order valence-corrected chi connectivity index (χ4v) is 4.17. The zero-order chi connectivity index (χ0) is 18.6. The number of benzene rings is 1. The topological polar surface area (TPSA) is 77.1 Å². The number of methoxy groups -OCH3 is 3. The van der Waals surface area contributed by atoms with Gasteiger partial charge in [0.15, 0.2) is 11.5 Å². The molecule has 0 radical (unpaired) electrons. The highest BCUT2D eigenvalue weighted by Gasteiger charge is 2.27. The lowest BCUT2D eigenvalue weighted by Gasteiger charge is -2.34. The van der Waals surface area contributed by atoms with Crippen molar-refractivity contribution in [3.63, 3.8) is 0 Å². The maximum atomic E-state index is 12.6. The summed E-state index contributed by atoms with van der Waals surface area (Å²) in [6, 6.07) is 3.34. The van der Waals surface area contributed by atoms with Crippen LogP contribution in [0.2, 0.25) is 0 Å². The number of hydrogen-bond acceptors (Lipinski definition) is 5. The lowest BCUT2D eigenvalue weighted by atomic mass is 10.1. The van der Waals surface area contributed by atoms with E-state index in [1.165, 1.54) is 21.3 Å². The van der Waals surface area contributed by atoms with Crippen LogP contribution in [0, 0.1) is 0 Å². The largest absolute Gasteiger partial charge is 0.493 e. The Hall–Kier alpha value is -1.72. The number of rotatable bonds is 6. The smallest absolute Gasteiger partial charge is 0.251 e. The van der Waals surface area contributed by atoms with E-state index in [1.807, 2.05) is 4.67 Å². The minimum absolute atomic E-state index is 0.0643. The molecule has 0 atom stereocenters. The summed E-state index contributed by atoms with van der Waals surface area (Å²) < 4.78 is 30.0. The van der Waals surface area contributed by atoms with Crippen LogP contribution in [0.25, 0.3) is 0 Å². The van der Waals surface area contributed by atoms with Gasteiger partial charge in [0.1, 0.15) is 7.29 Å². The molecule has 1 heterocycles. The summed E-state index contributed by atoms with van der Waals surface area (Å²) in [6.07, 6.45) is 1.56. The van der Waals surface area contributed by atoms with Gasteiger partial charge in [-0.15, -0.1) is 0 Å². The van der Waals surface area contributed by atoms with Gasteiger partial charge < -0.3 is 24.1 Å². The van der Waals surface area contributed by atoms with Gasteiger partial charge in [-0.3, -0.25) is 9.46 Å². The molecule has 0 bridgehead atoms. The second-order valence-electron chi connectivity index (χ2n) is 6.41. The number of carbonyl (C=O) groups is 1. The van der Waals surface area contributed by atoms with E-state index in [0.29, 0.717) is 22.8 Å². The van der Waals surface area contributed by atoms with Gasteiger partial charge in [0.25, 0.3) is 5.91 Å². The van der Waals surface area contributed by atoms with Crippen LogP contribution in [0.4, 0.5) is 0 Å². The van der Waals surface area contributed by atoms with Gasteiger partial charge >= 0.3 is 0 Å². The molecule has 1 saturated heterocycles. The zero-order valence-corrected chi connectivity index (χ0v) is 16.4. The van der Waals surface area contributed by atoms with Crippen molar-refractivity contribution in [1.29, 1.82) is 0 Å². The minimum atomic E-state index is -2.22. The molecule has 1 aliphatic rings. The predicted molar refractivity (Wildman–Crippen MR) is 97.6 cm³/mol. The van der Waals surface area contributed by atoms with Crippen LogP contribution >= 0.6 is 7.29 Å². The summed E-state index contributed by atoms with van der Waals surface area (Å²) in [7, 11) is 2.34. The molecule has 7 nitrogen and oxygen atoms in total. The molecule has 25 heavy (non-hydrogen) atoms. The lowest BCUT2D eigenvalue weighted by molar-refractivity contribution is 0.0923. The molecule has 0 aliphatic carbocycles. The summed E-state index contributed by atoms with van der Waals surface area (Å²) in [6.45, 7) is 5.01. The van der Waals surface area contributed by atoms with Crippen LogP contribution in [0.3, 0.4) is 0 Å². The molecule has 1 N–H and O–H groups in total. The molecular weight excluding hydrogens is 343 g/mol. The maximum absolute atomic E-state index is 12.6. The molecule has 140 valence electrons. The van der Waals surface area contributed by atoms with Gasteiger partial charge in [0.05, 0.1) is 21.3 Å². The monoisotopic (exact) mass is 370 g/mol. The molecule has 8 heteroatoms. The number of piperidine rings is 1. The van der Waals surface area contributed by atoms with Crippen molar-refractivity contribution in [2.75, 3.05) is 47.7 Å². The summed E-state index contributed by atoms with van der Waals surface area (Å²) in [4.78, 5) is 12.6. The van der Waals surface area contributed by atoms with E-state index < -0.39 is 7.29 Å². The van der Waals surface area contributed by atoms with Crippen LogP contribution in [0.1, 0.15) is 23.2 Å². The predicted octanol–water partition coefficient (Wildman–Crippen LogP) is 2.44. The fraction of sp³-hybridized carbons (Fsp3) is 0.588. The van der Waals surface area contributed by atoms with Crippen LogP contribution in [0.5, 0.6) is 17.2 Å². The third-order valence-corrected chi connectivity index (χ3v) is 6.18. The molecule has 1 aromatic rings. The normalized spacial score (nSPS) is 16.4. The van der Waals surface area contributed by atoms with E-state index in [-0.39, 0.29) is 11.9 Å². The van der Waals surface area contributed by atoms with Gasteiger partial charge in [0, 0.05) is 38.0 Å². The van der Waals surface area contributed by atoms with Crippen LogP contribution < -0.4 is 19.5 Å². The van der Waals surface area contributed by atoms with Crippen LogP contribution in [-0.4, -0.2) is 64.4 Å². The number of nitrogens with zero attached hydrogens (tertiary/aromatic N) is 1. The van der Waals surface area contributed by atoms with Gasteiger partial charge in [0.2, 0.25) is 5.75 Å². The Morgan fingerprint density at radius 3 is 2.00 bits per heavy atom. The van der Waals surface area contributed by atoms with E-state index in [2.05, 4.69) is 5.32 Å². The Kier molecular flexibility index (Phi) is 6.36. The summed E-state index contributed by atoms with van der Waals surface area (Å²) in [5, 5.41) is 3.04. The van der Waals surface area contributed by atoms with E-state index in [9.17, 15) is 9.36 Å². The van der Waals surface area contributed by atoms with Gasteiger partial charge in [-0.25, -0.2) is 0 Å². The Labute approximate surface area is 149 Å². The van der Waals surface area contributed by atoms with E-state index in [1.54, 1.807) is 25.5 Å². The van der Waals surface area contributed by atoms with Gasteiger partial charge in [-0.1, -0.05) is 0 Å². The third-order valence-electron chi connectivity index (χ3n) is 4.41. The molecule has 0 aromatic heterocycles. The van der Waals surface area contributed by atoms with Crippen molar-refractivity contribution in [3.8, 4) is 17.2 Å². The molecule has 1 aliphatic heterocycles.